The summed E-state index contributed by atoms with van der Waals surface area (Å²) in [6, 6.07) is 0. The molecule has 1 unspecified atom stereocenters. The molecule has 1 atom stereocenters. The highest BCUT2D eigenvalue weighted by Gasteiger charge is 2.21. The fraction of sp³-hybridized carbons (Fsp3) is 0.286. The van der Waals surface area contributed by atoms with Gasteiger partial charge in [0.1, 0.15) is 5.60 Å². The van der Waals surface area contributed by atoms with Crippen molar-refractivity contribution in [1.29, 1.82) is 0 Å². The molecule has 0 aromatic heterocycles. The van der Waals surface area contributed by atoms with Crippen LogP contribution in [0.5, 0.6) is 0 Å². The van der Waals surface area contributed by atoms with Crippen molar-refractivity contribution in [3.05, 3.63) is 30.7 Å². The van der Waals surface area contributed by atoms with Crippen LogP contribution < -0.4 is 0 Å². The highest BCUT2D eigenvalue weighted by Crippen LogP contribution is 2.14. The summed E-state index contributed by atoms with van der Waals surface area (Å²) in [6.07, 6.45) is 8.30. The predicted molar refractivity (Wildman–Crippen MR) is 34.6 cm³/mol. The van der Waals surface area contributed by atoms with Crippen LogP contribution in [-0.4, -0.2) is 22.4 Å². The van der Waals surface area contributed by atoms with E-state index < -0.39 is 5.60 Å². The molecule has 0 amide bonds. The van der Waals surface area contributed by atoms with Crippen molar-refractivity contribution in [2.45, 2.75) is 5.60 Å². The van der Waals surface area contributed by atoms with Crippen LogP contribution in [0.15, 0.2) is 24.3 Å². The van der Waals surface area contributed by atoms with E-state index in [1.165, 1.54) is 0 Å². The standard InChI is InChI=1S/C7H9O2/c8-6-7(9)4-2-1-3-5-7/h1-5,8-9H,6H2. The zero-order valence-corrected chi connectivity index (χ0v) is 4.99. The van der Waals surface area contributed by atoms with Gasteiger partial charge in [0, 0.05) is 6.42 Å². The number of aliphatic hydroxyl groups is 2. The fourth-order valence-electron chi connectivity index (χ4n) is 0.669. The molecule has 0 saturated carbocycles. The van der Waals surface area contributed by atoms with Gasteiger partial charge in [0.15, 0.2) is 0 Å². The molecule has 9 heavy (non-hydrogen) atoms. The zero-order valence-electron chi connectivity index (χ0n) is 4.99. The van der Waals surface area contributed by atoms with Gasteiger partial charge in [0.2, 0.25) is 0 Å². The van der Waals surface area contributed by atoms with Gasteiger partial charge in [-0.15, -0.1) is 0 Å². The molecule has 0 aromatic carbocycles. The Morgan fingerprint density at radius 2 is 2.00 bits per heavy atom. The van der Waals surface area contributed by atoms with Crippen LogP contribution in [0.25, 0.3) is 0 Å². The Bertz CT molecular complexity index is 149. The molecule has 1 radical (unpaired) electrons. The van der Waals surface area contributed by atoms with E-state index in [0.717, 1.165) is 0 Å². The van der Waals surface area contributed by atoms with Crippen LogP contribution >= 0.6 is 0 Å². The van der Waals surface area contributed by atoms with Gasteiger partial charge in [0.25, 0.3) is 0 Å². The van der Waals surface area contributed by atoms with Crippen molar-refractivity contribution in [3.8, 4) is 0 Å². The van der Waals surface area contributed by atoms with Gasteiger partial charge in [-0.1, -0.05) is 24.3 Å². The quantitative estimate of drug-likeness (QED) is 0.519. The number of hydrogen-bond acceptors (Lipinski definition) is 2. The van der Waals surface area contributed by atoms with E-state index in [0.29, 0.717) is 0 Å². The first-order valence-corrected chi connectivity index (χ1v) is 2.80. The molecule has 1 aliphatic carbocycles. The van der Waals surface area contributed by atoms with E-state index in [4.69, 9.17) is 5.11 Å². The first-order valence-electron chi connectivity index (χ1n) is 2.80. The highest BCUT2D eigenvalue weighted by molar-refractivity contribution is 5.26. The van der Waals surface area contributed by atoms with E-state index in [2.05, 4.69) is 0 Å². The maximum absolute atomic E-state index is 9.24. The Morgan fingerprint density at radius 3 is 2.33 bits per heavy atom. The Kier molecular flexibility index (Phi) is 1.69. The van der Waals surface area contributed by atoms with Gasteiger partial charge >= 0.3 is 0 Å². The minimum absolute atomic E-state index is 0.256. The van der Waals surface area contributed by atoms with Crippen LogP contribution in [0.1, 0.15) is 0 Å². The second kappa shape index (κ2) is 2.33. The first-order chi connectivity index (χ1) is 4.27. The summed E-state index contributed by atoms with van der Waals surface area (Å²) in [4.78, 5) is 0. The summed E-state index contributed by atoms with van der Waals surface area (Å²) in [7, 11) is 0. The summed E-state index contributed by atoms with van der Waals surface area (Å²) in [5.74, 6) is 0. The molecule has 2 nitrogen and oxygen atoms in total. The summed E-state index contributed by atoms with van der Waals surface area (Å²) < 4.78 is 0. The molecule has 0 heterocycles. The number of aliphatic hydroxyl groups excluding tert-OH is 1. The second-order valence-corrected chi connectivity index (χ2v) is 2.06. The van der Waals surface area contributed by atoms with Gasteiger partial charge < -0.3 is 10.2 Å². The van der Waals surface area contributed by atoms with Crippen LogP contribution in [0.2, 0.25) is 0 Å². The van der Waals surface area contributed by atoms with Crippen LogP contribution in [-0.2, 0) is 0 Å². The van der Waals surface area contributed by atoms with Crippen molar-refractivity contribution in [3.63, 3.8) is 0 Å². The lowest BCUT2D eigenvalue weighted by Crippen LogP contribution is -2.31. The Hall–Kier alpha value is -0.600. The lowest BCUT2D eigenvalue weighted by molar-refractivity contribution is 0.0573. The van der Waals surface area contributed by atoms with Crippen molar-refractivity contribution in [2.24, 2.45) is 0 Å². The van der Waals surface area contributed by atoms with Crippen molar-refractivity contribution >= 4 is 0 Å². The maximum Gasteiger partial charge on any atom is 0.113 e. The van der Waals surface area contributed by atoms with E-state index >= 15 is 0 Å². The minimum Gasteiger partial charge on any atom is -0.393 e. The monoisotopic (exact) mass is 125 g/mol. The van der Waals surface area contributed by atoms with Gasteiger partial charge in [-0.25, -0.2) is 0 Å². The Balaban J connectivity index is 2.63. The van der Waals surface area contributed by atoms with Crippen molar-refractivity contribution in [1.82, 2.24) is 0 Å². The third-order valence-electron chi connectivity index (χ3n) is 1.25. The summed E-state index contributed by atoms with van der Waals surface area (Å²) in [5.41, 5.74) is -1.12. The third-order valence-corrected chi connectivity index (χ3v) is 1.25. The molecule has 0 aliphatic heterocycles. The molecular weight excluding hydrogens is 116 g/mol. The molecule has 1 aliphatic rings. The summed E-state index contributed by atoms with van der Waals surface area (Å²) in [6.45, 7) is -0.256. The lowest BCUT2D eigenvalue weighted by atomic mass is 9.97. The number of rotatable bonds is 1. The second-order valence-electron chi connectivity index (χ2n) is 2.06. The number of allylic oxidation sites excluding steroid dienone is 2. The SMILES string of the molecule is OCC1(O)[CH]C=CC=C1. The van der Waals surface area contributed by atoms with Crippen molar-refractivity contribution in [2.75, 3.05) is 6.61 Å². The molecule has 2 N–H and O–H groups in total. The van der Waals surface area contributed by atoms with Gasteiger partial charge in [0.05, 0.1) is 6.61 Å². The fourth-order valence-corrected chi connectivity index (χ4v) is 0.669. The average Bonchev–Trinajstić information content (AvgIpc) is 1.90. The first kappa shape index (κ1) is 6.52. The molecule has 1 rings (SSSR count). The van der Waals surface area contributed by atoms with Gasteiger partial charge in [-0.3, -0.25) is 0 Å². The van der Waals surface area contributed by atoms with Gasteiger partial charge in [-0.05, 0) is 0 Å². The zero-order chi connectivity index (χ0) is 6.74. The topological polar surface area (TPSA) is 40.5 Å². The molecule has 0 saturated heterocycles. The summed E-state index contributed by atoms with van der Waals surface area (Å²) in [5, 5.41) is 17.8. The van der Waals surface area contributed by atoms with E-state index in [9.17, 15) is 5.11 Å². The molecule has 0 bridgehead atoms. The molecule has 0 fully saturated rings. The Morgan fingerprint density at radius 1 is 1.22 bits per heavy atom. The minimum atomic E-state index is -1.12. The molecule has 0 aromatic rings. The smallest absolute Gasteiger partial charge is 0.113 e. The van der Waals surface area contributed by atoms with Crippen LogP contribution in [0.4, 0.5) is 0 Å². The lowest BCUT2D eigenvalue weighted by Gasteiger charge is -2.20. The third kappa shape index (κ3) is 1.40. The van der Waals surface area contributed by atoms with Crippen LogP contribution in [0, 0.1) is 6.42 Å². The normalized spacial score (nSPS) is 33.1. The molecule has 0 spiro atoms. The van der Waals surface area contributed by atoms with E-state index in [-0.39, 0.29) is 6.61 Å². The maximum atomic E-state index is 9.24. The Labute approximate surface area is 54.1 Å². The van der Waals surface area contributed by atoms with E-state index in [1.807, 2.05) is 0 Å². The largest absolute Gasteiger partial charge is 0.393 e. The predicted octanol–water partition coefficient (Wildman–Crippen LogP) is 0.0401. The van der Waals surface area contributed by atoms with Crippen molar-refractivity contribution < 1.29 is 10.2 Å². The molecule has 49 valence electrons. The molecule has 2 heteroatoms. The summed E-state index contributed by atoms with van der Waals surface area (Å²) >= 11 is 0. The average molecular weight is 125 g/mol. The van der Waals surface area contributed by atoms with Crippen LogP contribution in [0.3, 0.4) is 0 Å². The van der Waals surface area contributed by atoms with E-state index in [1.54, 1.807) is 30.7 Å². The highest BCUT2D eigenvalue weighted by atomic mass is 16.3. The van der Waals surface area contributed by atoms with Gasteiger partial charge in [-0.2, -0.15) is 0 Å². The molecular formula is C7H9O2. The number of hydrogen-bond donors (Lipinski definition) is 2.